The first kappa shape index (κ1) is 10.5. The molecule has 0 atom stereocenters. The molecule has 4 nitrogen and oxygen atoms in total. The van der Waals surface area contributed by atoms with Gasteiger partial charge in [0.05, 0.1) is 5.56 Å². The largest absolute Gasteiger partial charge is 0.294 e. The summed E-state index contributed by atoms with van der Waals surface area (Å²) in [6, 6.07) is 5.35. The summed E-state index contributed by atoms with van der Waals surface area (Å²) in [6.45, 7) is 3.75. The van der Waals surface area contributed by atoms with Crippen LogP contribution < -0.4 is 0 Å². The number of Topliss-reactive ketones (excluding diaryl/α,β-unsaturated/α-hetero) is 1. The zero-order valence-electron chi connectivity index (χ0n) is 9.29. The molecule has 0 unspecified atom stereocenters. The molecule has 0 spiro atoms. The monoisotopic (exact) mass is 215 g/mol. The van der Waals surface area contributed by atoms with Crippen molar-refractivity contribution >= 4 is 5.78 Å². The number of pyridine rings is 1. The first-order chi connectivity index (χ1) is 7.70. The highest BCUT2D eigenvalue weighted by molar-refractivity contribution is 5.99. The molecule has 2 rings (SSSR count). The fourth-order valence-electron chi connectivity index (χ4n) is 1.48. The second kappa shape index (κ2) is 4.26. The van der Waals surface area contributed by atoms with E-state index in [0.717, 1.165) is 0 Å². The summed E-state index contributed by atoms with van der Waals surface area (Å²) in [5.41, 5.74) is 0.612. The lowest BCUT2D eigenvalue weighted by Crippen LogP contribution is -2.13. The lowest BCUT2D eigenvalue weighted by Gasteiger charge is -2.09. The van der Waals surface area contributed by atoms with E-state index in [1.54, 1.807) is 41.5 Å². The Morgan fingerprint density at radius 1 is 1.31 bits per heavy atom. The molecule has 0 N–H and O–H groups in total. The summed E-state index contributed by atoms with van der Waals surface area (Å²) in [5, 5.41) is 4.09. The van der Waals surface area contributed by atoms with Gasteiger partial charge in [-0.3, -0.25) is 4.79 Å². The molecular weight excluding hydrogens is 202 g/mol. The molecule has 2 aromatic heterocycles. The molecule has 0 aromatic carbocycles. The Bertz CT molecular complexity index is 489. The summed E-state index contributed by atoms with van der Waals surface area (Å²) >= 11 is 0. The molecule has 0 radical (unpaired) electrons. The van der Waals surface area contributed by atoms with Crippen molar-refractivity contribution in [3.05, 3.63) is 42.4 Å². The molecule has 2 aromatic rings. The van der Waals surface area contributed by atoms with Crippen molar-refractivity contribution in [3.63, 3.8) is 0 Å². The third-order valence-corrected chi connectivity index (χ3v) is 2.30. The first-order valence-electron chi connectivity index (χ1n) is 5.19. The van der Waals surface area contributed by atoms with Crippen LogP contribution in [0.4, 0.5) is 0 Å². The van der Waals surface area contributed by atoms with Gasteiger partial charge in [0.1, 0.15) is 0 Å². The van der Waals surface area contributed by atoms with E-state index >= 15 is 0 Å². The lowest BCUT2D eigenvalue weighted by molar-refractivity contribution is 0.0939. The average Bonchev–Trinajstić information content (AvgIpc) is 2.81. The summed E-state index contributed by atoms with van der Waals surface area (Å²) in [7, 11) is 0. The maximum atomic E-state index is 12.0. The number of rotatable bonds is 3. The van der Waals surface area contributed by atoms with Crippen molar-refractivity contribution in [1.29, 1.82) is 0 Å². The van der Waals surface area contributed by atoms with Crippen molar-refractivity contribution in [2.24, 2.45) is 5.92 Å². The molecule has 16 heavy (non-hydrogen) atoms. The van der Waals surface area contributed by atoms with E-state index in [9.17, 15) is 4.79 Å². The number of ketones is 1. The smallest absolute Gasteiger partial charge is 0.169 e. The number of hydrogen-bond donors (Lipinski definition) is 0. The Morgan fingerprint density at radius 3 is 2.75 bits per heavy atom. The molecule has 0 aliphatic carbocycles. The number of carbonyl (C=O) groups excluding carboxylic acids is 1. The molecule has 0 fully saturated rings. The van der Waals surface area contributed by atoms with Crippen LogP contribution in [-0.4, -0.2) is 20.5 Å². The quantitative estimate of drug-likeness (QED) is 0.737. The normalized spacial score (nSPS) is 10.7. The van der Waals surface area contributed by atoms with E-state index in [1.165, 1.54) is 0 Å². The van der Waals surface area contributed by atoms with Gasteiger partial charge < -0.3 is 0 Å². The zero-order chi connectivity index (χ0) is 11.5. The van der Waals surface area contributed by atoms with Gasteiger partial charge in [-0.05, 0) is 18.2 Å². The maximum Gasteiger partial charge on any atom is 0.169 e. The van der Waals surface area contributed by atoms with Gasteiger partial charge in [0, 0.05) is 24.5 Å². The van der Waals surface area contributed by atoms with Gasteiger partial charge in [-0.15, -0.1) is 0 Å². The van der Waals surface area contributed by atoms with Gasteiger partial charge in [-0.1, -0.05) is 13.8 Å². The maximum absolute atomic E-state index is 12.0. The average molecular weight is 215 g/mol. The Kier molecular flexibility index (Phi) is 2.81. The van der Waals surface area contributed by atoms with Gasteiger partial charge in [-0.25, -0.2) is 9.67 Å². The molecule has 0 bridgehead atoms. The van der Waals surface area contributed by atoms with E-state index < -0.39 is 0 Å². The van der Waals surface area contributed by atoms with Crippen LogP contribution in [0.1, 0.15) is 24.2 Å². The lowest BCUT2D eigenvalue weighted by atomic mass is 10.0. The minimum absolute atomic E-state index is 0.0430. The van der Waals surface area contributed by atoms with Gasteiger partial charge in [0.15, 0.2) is 11.6 Å². The topological polar surface area (TPSA) is 47.8 Å². The Hall–Kier alpha value is -1.97. The van der Waals surface area contributed by atoms with E-state index in [4.69, 9.17) is 0 Å². The highest BCUT2D eigenvalue weighted by Gasteiger charge is 2.16. The van der Waals surface area contributed by atoms with Crippen molar-refractivity contribution in [2.45, 2.75) is 13.8 Å². The highest BCUT2D eigenvalue weighted by atomic mass is 16.1. The van der Waals surface area contributed by atoms with Crippen LogP contribution in [-0.2, 0) is 0 Å². The predicted molar refractivity (Wildman–Crippen MR) is 60.5 cm³/mol. The van der Waals surface area contributed by atoms with E-state index in [1.807, 2.05) is 13.8 Å². The summed E-state index contributed by atoms with van der Waals surface area (Å²) in [4.78, 5) is 16.2. The van der Waals surface area contributed by atoms with Crippen LogP contribution in [0.3, 0.4) is 0 Å². The Morgan fingerprint density at radius 2 is 2.12 bits per heavy atom. The van der Waals surface area contributed by atoms with Crippen molar-refractivity contribution in [1.82, 2.24) is 14.8 Å². The summed E-state index contributed by atoms with van der Waals surface area (Å²) in [6.07, 6.45) is 5.10. The van der Waals surface area contributed by atoms with Gasteiger partial charge >= 0.3 is 0 Å². The molecule has 2 heterocycles. The van der Waals surface area contributed by atoms with Crippen LogP contribution in [0.15, 0.2) is 36.8 Å². The minimum Gasteiger partial charge on any atom is -0.294 e. The number of hydrogen-bond acceptors (Lipinski definition) is 3. The number of aromatic nitrogens is 3. The second-order valence-corrected chi connectivity index (χ2v) is 3.84. The van der Waals surface area contributed by atoms with E-state index in [0.29, 0.717) is 11.4 Å². The molecule has 0 amide bonds. The third-order valence-electron chi connectivity index (χ3n) is 2.30. The number of nitrogens with zero attached hydrogens (tertiary/aromatic N) is 3. The Balaban J connectivity index is 2.51. The second-order valence-electron chi connectivity index (χ2n) is 3.84. The van der Waals surface area contributed by atoms with Crippen LogP contribution in [0.5, 0.6) is 0 Å². The van der Waals surface area contributed by atoms with Crippen molar-refractivity contribution in [2.75, 3.05) is 0 Å². The van der Waals surface area contributed by atoms with Crippen LogP contribution in [0.2, 0.25) is 0 Å². The highest BCUT2D eigenvalue weighted by Crippen LogP contribution is 2.14. The molecule has 0 saturated heterocycles. The van der Waals surface area contributed by atoms with E-state index in [2.05, 4.69) is 10.1 Å². The van der Waals surface area contributed by atoms with Crippen LogP contribution in [0, 0.1) is 5.92 Å². The standard InChI is InChI=1S/C12H13N3O/c1-9(2)11(16)10-5-3-6-13-12(10)15-8-4-7-14-15/h3-9H,1-2H3. The molecular formula is C12H13N3O. The molecule has 0 saturated carbocycles. The van der Waals surface area contributed by atoms with E-state index in [-0.39, 0.29) is 11.7 Å². The summed E-state index contributed by atoms with van der Waals surface area (Å²) in [5.74, 6) is 0.628. The van der Waals surface area contributed by atoms with Crippen molar-refractivity contribution < 1.29 is 4.79 Å². The minimum atomic E-state index is -0.0430. The molecule has 0 aliphatic rings. The third kappa shape index (κ3) is 1.86. The molecule has 82 valence electrons. The van der Waals surface area contributed by atoms with Crippen molar-refractivity contribution in [3.8, 4) is 5.82 Å². The first-order valence-corrected chi connectivity index (χ1v) is 5.19. The van der Waals surface area contributed by atoms with Crippen LogP contribution >= 0.6 is 0 Å². The fraction of sp³-hybridized carbons (Fsp3) is 0.250. The number of carbonyl (C=O) groups is 1. The Labute approximate surface area is 93.9 Å². The van der Waals surface area contributed by atoms with Gasteiger partial charge in [-0.2, -0.15) is 5.10 Å². The van der Waals surface area contributed by atoms with Gasteiger partial charge in [0.2, 0.25) is 0 Å². The zero-order valence-corrected chi connectivity index (χ0v) is 9.29. The predicted octanol–water partition coefficient (Wildman–Crippen LogP) is 2.11. The SMILES string of the molecule is CC(C)C(=O)c1cccnc1-n1cccn1. The van der Waals surface area contributed by atoms with Gasteiger partial charge in [0.25, 0.3) is 0 Å². The molecule has 0 aliphatic heterocycles. The summed E-state index contributed by atoms with van der Waals surface area (Å²) < 4.78 is 1.61. The van der Waals surface area contributed by atoms with Crippen LogP contribution in [0.25, 0.3) is 5.82 Å². The molecule has 4 heteroatoms. The fourth-order valence-corrected chi connectivity index (χ4v) is 1.48.